The number of carbonyl (C=O) groups excluding carboxylic acids is 2. The Labute approximate surface area is 181 Å². The van der Waals surface area contributed by atoms with E-state index in [4.69, 9.17) is 0 Å². The van der Waals surface area contributed by atoms with Crippen LogP contribution in [0.4, 0.5) is 0 Å². The van der Waals surface area contributed by atoms with Crippen LogP contribution in [-0.2, 0) is 17.6 Å². The zero-order valence-electron chi connectivity index (χ0n) is 17.1. The van der Waals surface area contributed by atoms with Crippen LogP contribution in [0.5, 0.6) is 5.75 Å². The molecule has 3 rings (SSSR count). The zero-order valence-corrected chi connectivity index (χ0v) is 17.1. The average molecular weight is 418 g/mol. The third-order valence-electron chi connectivity index (χ3n) is 4.94. The Bertz CT molecular complexity index is 993. The van der Waals surface area contributed by atoms with E-state index in [1.807, 2.05) is 60.7 Å². The van der Waals surface area contributed by atoms with Crippen LogP contribution >= 0.6 is 0 Å². The normalized spacial score (nSPS) is 12.5. The Morgan fingerprint density at radius 3 is 1.87 bits per heavy atom. The van der Waals surface area contributed by atoms with Gasteiger partial charge >= 0.3 is 0 Å². The lowest BCUT2D eigenvalue weighted by atomic mass is 10.0. The molecule has 0 aliphatic heterocycles. The van der Waals surface area contributed by atoms with E-state index in [2.05, 4.69) is 10.6 Å². The maximum Gasteiger partial charge on any atom is 0.255 e. The first-order valence-corrected chi connectivity index (χ1v) is 10.1. The van der Waals surface area contributed by atoms with E-state index in [-0.39, 0.29) is 24.3 Å². The molecule has 3 aromatic rings. The van der Waals surface area contributed by atoms with Crippen LogP contribution in [0.15, 0.2) is 84.9 Å². The van der Waals surface area contributed by atoms with Gasteiger partial charge in [-0.05, 0) is 29.7 Å². The molecule has 3 aromatic carbocycles. The number of benzene rings is 3. The summed E-state index contributed by atoms with van der Waals surface area (Å²) in [6, 6.07) is 23.7. The summed E-state index contributed by atoms with van der Waals surface area (Å²) in [7, 11) is 0. The van der Waals surface area contributed by atoms with Crippen molar-refractivity contribution in [1.29, 1.82) is 0 Å². The fourth-order valence-corrected chi connectivity index (χ4v) is 3.32. The van der Waals surface area contributed by atoms with Crippen molar-refractivity contribution in [1.82, 2.24) is 10.6 Å². The Morgan fingerprint density at radius 1 is 0.742 bits per heavy atom. The van der Waals surface area contributed by atoms with Crippen LogP contribution in [0.2, 0.25) is 0 Å². The first-order chi connectivity index (χ1) is 15.1. The van der Waals surface area contributed by atoms with E-state index >= 15 is 0 Å². The van der Waals surface area contributed by atoms with Crippen LogP contribution < -0.4 is 10.6 Å². The molecule has 2 atom stereocenters. The summed E-state index contributed by atoms with van der Waals surface area (Å²) in [5.41, 5.74) is 1.96. The van der Waals surface area contributed by atoms with E-state index in [1.165, 1.54) is 12.1 Å². The van der Waals surface area contributed by atoms with Gasteiger partial charge in [-0.2, -0.15) is 0 Å². The molecule has 0 bridgehead atoms. The average Bonchev–Trinajstić information content (AvgIpc) is 2.79. The molecule has 4 N–H and O–H groups in total. The summed E-state index contributed by atoms with van der Waals surface area (Å²) in [5, 5.41) is 25.3. The summed E-state index contributed by atoms with van der Waals surface area (Å²) in [6.07, 6.45) is 0.740. The minimum atomic E-state index is -0.876. The Hall–Kier alpha value is -3.64. The van der Waals surface area contributed by atoms with Gasteiger partial charge < -0.3 is 20.8 Å². The number of hydrogen-bond donors (Lipinski definition) is 4. The van der Waals surface area contributed by atoms with Gasteiger partial charge in [-0.25, -0.2) is 0 Å². The number of phenolic OH excluding ortho intramolecular Hbond substituents is 1. The van der Waals surface area contributed by atoms with Gasteiger partial charge in [0.1, 0.15) is 11.8 Å². The van der Waals surface area contributed by atoms with Gasteiger partial charge in [0.05, 0.1) is 18.2 Å². The van der Waals surface area contributed by atoms with Crippen LogP contribution in [-0.4, -0.2) is 40.7 Å². The third-order valence-corrected chi connectivity index (χ3v) is 4.94. The standard InChI is InChI=1S/C25H26N2O4/c28-17-20(15-18-9-3-1-4-10-18)26-25(31)22(16-19-11-5-2-6-12-19)27-24(30)21-13-7-8-14-23(21)29/h1-14,20,22,28-29H,15-17H2,(H,26,31)(H,27,30)/t20-,22-/m0/s1. The predicted octanol–water partition coefficient (Wildman–Crippen LogP) is 2.45. The second kappa shape index (κ2) is 10.9. The Kier molecular flexibility index (Phi) is 7.79. The highest BCUT2D eigenvalue weighted by molar-refractivity contribution is 5.99. The van der Waals surface area contributed by atoms with Gasteiger partial charge in [0.15, 0.2) is 0 Å². The second-order valence-corrected chi connectivity index (χ2v) is 7.31. The predicted molar refractivity (Wildman–Crippen MR) is 119 cm³/mol. The molecule has 160 valence electrons. The minimum absolute atomic E-state index is 0.0938. The molecule has 0 aromatic heterocycles. The van der Waals surface area contributed by atoms with Crippen molar-refractivity contribution >= 4 is 11.8 Å². The SMILES string of the molecule is O=C(N[C@@H](Cc1ccccc1)C(=O)N[C@H](CO)Cc1ccccc1)c1ccccc1O. The summed E-state index contributed by atoms with van der Waals surface area (Å²) in [5.74, 6) is -1.10. The van der Waals surface area contributed by atoms with Crippen molar-refractivity contribution in [3.05, 3.63) is 102 Å². The number of phenols is 1. The molecule has 0 saturated carbocycles. The molecule has 0 fully saturated rings. The summed E-state index contributed by atoms with van der Waals surface area (Å²) in [6.45, 7) is -0.230. The molecule has 0 radical (unpaired) electrons. The molecule has 6 heteroatoms. The van der Waals surface area contributed by atoms with Gasteiger partial charge in [0, 0.05) is 6.42 Å². The van der Waals surface area contributed by atoms with Gasteiger partial charge in [-0.15, -0.1) is 0 Å². The van der Waals surface area contributed by atoms with Gasteiger partial charge in [-0.3, -0.25) is 9.59 Å². The lowest BCUT2D eigenvalue weighted by molar-refractivity contribution is -0.124. The molecule has 0 heterocycles. The first kappa shape index (κ1) is 22.1. The quantitative estimate of drug-likeness (QED) is 0.429. The number of rotatable bonds is 9. The number of hydrogen-bond acceptors (Lipinski definition) is 4. The Balaban J connectivity index is 1.75. The third kappa shape index (κ3) is 6.42. The number of nitrogens with one attached hydrogen (secondary N) is 2. The van der Waals surface area contributed by atoms with Crippen molar-refractivity contribution in [3.8, 4) is 5.75 Å². The molecule has 2 amide bonds. The van der Waals surface area contributed by atoms with Gasteiger partial charge in [0.2, 0.25) is 5.91 Å². The van der Waals surface area contributed by atoms with Crippen molar-refractivity contribution < 1.29 is 19.8 Å². The Morgan fingerprint density at radius 2 is 1.29 bits per heavy atom. The second-order valence-electron chi connectivity index (χ2n) is 7.31. The molecule has 0 aliphatic carbocycles. The fourth-order valence-electron chi connectivity index (χ4n) is 3.32. The van der Waals surface area contributed by atoms with E-state index in [0.29, 0.717) is 6.42 Å². The minimum Gasteiger partial charge on any atom is -0.507 e. The molecular weight excluding hydrogens is 392 g/mol. The number of para-hydroxylation sites is 1. The molecule has 0 spiro atoms. The van der Waals surface area contributed by atoms with Gasteiger partial charge in [0.25, 0.3) is 5.91 Å². The van der Waals surface area contributed by atoms with E-state index in [0.717, 1.165) is 11.1 Å². The summed E-state index contributed by atoms with van der Waals surface area (Å²) >= 11 is 0. The zero-order chi connectivity index (χ0) is 22.1. The van der Waals surface area contributed by atoms with Crippen molar-refractivity contribution in [2.24, 2.45) is 0 Å². The lowest BCUT2D eigenvalue weighted by Gasteiger charge is -2.23. The number of amides is 2. The topological polar surface area (TPSA) is 98.7 Å². The molecule has 0 aliphatic rings. The molecule has 31 heavy (non-hydrogen) atoms. The molecule has 6 nitrogen and oxygen atoms in total. The smallest absolute Gasteiger partial charge is 0.255 e. The highest BCUT2D eigenvalue weighted by Crippen LogP contribution is 2.16. The maximum absolute atomic E-state index is 13.1. The molecular formula is C25H26N2O4. The van der Waals surface area contributed by atoms with Crippen LogP contribution in [0.1, 0.15) is 21.5 Å². The van der Waals surface area contributed by atoms with Crippen molar-refractivity contribution in [2.75, 3.05) is 6.61 Å². The lowest BCUT2D eigenvalue weighted by Crippen LogP contribution is -2.52. The molecule has 0 saturated heterocycles. The number of aromatic hydroxyl groups is 1. The van der Waals surface area contributed by atoms with Crippen molar-refractivity contribution in [2.45, 2.75) is 24.9 Å². The number of aliphatic hydroxyl groups is 1. The first-order valence-electron chi connectivity index (χ1n) is 10.1. The number of aliphatic hydroxyl groups excluding tert-OH is 1. The van der Waals surface area contributed by atoms with Crippen LogP contribution in [0.25, 0.3) is 0 Å². The van der Waals surface area contributed by atoms with E-state index in [9.17, 15) is 19.8 Å². The van der Waals surface area contributed by atoms with Crippen LogP contribution in [0, 0.1) is 0 Å². The van der Waals surface area contributed by atoms with E-state index in [1.54, 1.807) is 12.1 Å². The van der Waals surface area contributed by atoms with E-state index < -0.39 is 23.9 Å². The summed E-state index contributed by atoms with van der Waals surface area (Å²) < 4.78 is 0. The highest BCUT2D eigenvalue weighted by atomic mass is 16.3. The molecule has 0 unspecified atom stereocenters. The van der Waals surface area contributed by atoms with Gasteiger partial charge in [-0.1, -0.05) is 72.8 Å². The van der Waals surface area contributed by atoms with Crippen molar-refractivity contribution in [3.63, 3.8) is 0 Å². The summed E-state index contributed by atoms with van der Waals surface area (Å²) in [4.78, 5) is 25.8. The maximum atomic E-state index is 13.1. The highest BCUT2D eigenvalue weighted by Gasteiger charge is 2.25. The number of carbonyl (C=O) groups is 2. The largest absolute Gasteiger partial charge is 0.507 e. The monoisotopic (exact) mass is 418 g/mol. The fraction of sp³-hybridized carbons (Fsp3) is 0.200. The van der Waals surface area contributed by atoms with Crippen LogP contribution in [0.3, 0.4) is 0 Å².